The number of aromatic nitrogens is 2. The van der Waals surface area contributed by atoms with E-state index in [4.69, 9.17) is 10.5 Å². The third-order valence-corrected chi connectivity index (χ3v) is 7.55. The molecule has 1 aromatic heterocycles. The van der Waals surface area contributed by atoms with Gasteiger partial charge in [-0.05, 0) is 107 Å². The lowest BCUT2D eigenvalue weighted by Gasteiger charge is -2.25. The predicted octanol–water partition coefficient (Wildman–Crippen LogP) is 5.60. The predicted molar refractivity (Wildman–Crippen MR) is 159 cm³/mol. The lowest BCUT2D eigenvalue weighted by molar-refractivity contribution is 0.0238. The standard InChI is InChI=1S/C31H29F2IN4O2/c32-25-10-21(11-26(33)16-25)13-29(35)30(18-37-17-20-2-1-3-27(34)12-20)40-31(39)23-5-4-22-6-7-28(15-24(22)14-23)38-9-8-36-19-38/h1-5,8-12,14-16,19,29-30,37H,6-7,13,17-18,35H2/t29-,30+/m0/s1. The Morgan fingerprint density at radius 1 is 1.07 bits per heavy atom. The molecule has 3 aromatic carbocycles. The van der Waals surface area contributed by atoms with Crippen LogP contribution in [0, 0.1) is 15.2 Å². The maximum Gasteiger partial charge on any atom is 0.338 e. The van der Waals surface area contributed by atoms with Gasteiger partial charge in [0, 0.05) is 46.9 Å². The van der Waals surface area contributed by atoms with Crippen molar-refractivity contribution in [3.63, 3.8) is 0 Å². The quantitative estimate of drug-likeness (QED) is 0.172. The summed E-state index contributed by atoms with van der Waals surface area (Å²) < 4.78 is 36.6. The van der Waals surface area contributed by atoms with Gasteiger partial charge in [0.25, 0.3) is 0 Å². The number of nitrogens with two attached hydrogens (primary N) is 1. The first kappa shape index (κ1) is 28.1. The lowest BCUT2D eigenvalue weighted by atomic mass is 9.93. The zero-order chi connectivity index (χ0) is 28.1. The Labute approximate surface area is 245 Å². The highest BCUT2D eigenvalue weighted by Gasteiger charge is 2.24. The van der Waals surface area contributed by atoms with Gasteiger partial charge in [-0.15, -0.1) is 0 Å². The first-order valence-corrected chi connectivity index (χ1v) is 14.1. The lowest BCUT2D eigenvalue weighted by Crippen LogP contribution is -2.46. The van der Waals surface area contributed by atoms with E-state index < -0.39 is 29.7 Å². The van der Waals surface area contributed by atoms with Crippen molar-refractivity contribution in [2.45, 2.75) is 38.0 Å². The van der Waals surface area contributed by atoms with Gasteiger partial charge in [-0.1, -0.05) is 18.2 Å². The number of fused-ring (bicyclic) bond motifs is 1. The molecule has 0 saturated heterocycles. The molecule has 5 rings (SSSR count). The number of hydrogen-bond acceptors (Lipinski definition) is 5. The zero-order valence-corrected chi connectivity index (χ0v) is 23.9. The molecule has 40 heavy (non-hydrogen) atoms. The van der Waals surface area contributed by atoms with Gasteiger partial charge in [-0.25, -0.2) is 18.6 Å². The highest BCUT2D eigenvalue weighted by Crippen LogP contribution is 2.28. The molecule has 6 nitrogen and oxygen atoms in total. The highest BCUT2D eigenvalue weighted by atomic mass is 127. The molecule has 9 heteroatoms. The summed E-state index contributed by atoms with van der Waals surface area (Å²) in [5.74, 6) is -1.86. The summed E-state index contributed by atoms with van der Waals surface area (Å²) in [6.45, 7) is 0.818. The molecule has 0 aliphatic heterocycles. The molecule has 3 N–H and O–H groups in total. The Kier molecular flexibility index (Phi) is 9.03. The normalized spacial score (nSPS) is 14.2. The Balaban J connectivity index is 1.32. The highest BCUT2D eigenvalue weighted by molar-refractivity contribution is 14.1. The summed E-state index contributed by atoms with van der Waals surface area (Å²) in [7, 11) is 0. The Morgan fingerprint density at radius 3 is 2.65 bits per heavy atom. The number of nitrogens with one attached hydrogen (secondary N) is 1. The average Bonchev–Trinajstić information content (AvgIpc) is 3.46. The van der Waals surface area contributed by atoms with Crippen molar-refractivity contribution >= 4 is 40.3 Å². The number of carbonyl (C=O) groups is 1. The monoisotopic (exact) mass is 654 g/mol. The third-order valence-electron chi connectivity index (χ3n) is 6.88. The van der Waals surface area contributed by atoms with Crippen LogP contribution in [-0.4, -0.2) is 34.2 Å². The van der Waals surface area contributed by atoms with E-state index >= 15 is 0 Å². The van der Waals surface area contributed by atoms with Crippen molar-refractivity contribution in [3.05, 3.63) is 122 Å². The van der Waals surface area contributed by atoms with E-state index in [0.717, 1.165) is 44.9 Å². The molecule has 0 saturated carbocycles. The second-order valence-electron chi connectivity index (χ2n) is 9.87. The number of hydrogen-bond donors (Lipinski definition) is 2. The Hall–Kier alpha value is -3.41. The van der Waals surface area contributed by atoms with Crippen molar-refractivity contribution in [2.75, 3.05) is 6.54 Å². The third kappa shape index (κ3) is 7.21. The second-order valence-corrected chi connectivity index (χ2v) is 11.1. The number of aryl methyl sites for hydroxylation is 1. The van der Waals surface area contributed by atoms with Crippen LogP contribution in [0.2, 0.25) is 0 Å². The molecular weight excluding hydrogens is 625 g/mol. The van der Waals surface area contributed by atoms with Gasteiger partial charge in [0.2, 0.25) is 0 Å². The summed E-state index contributed by atoms with van der Waals surface area (Å²) in [4.78, 5) is 17.5. The van der Waals surface area contributed by atoms with Gasteiger partial charge in [-0.2, -0.15) is 0 Å². The smallest absolute Gasteiger partial charge is 0.338 e. The fraction of sp³-hybridized carbons (Fsp3) is 0.226. The van der Waals surface area contributed by atoms with Gasteiger partial charge in [0.1, 0.15) is 17.7 Å². The van der Waals surface area contributed by atoms with Gasteiger partial charge in [0.05, 0.1) is 11.9 Å². The second kappa shape index (κ2) is 12.8. The van der Waals surface area contributed by atoms with Crippen LogP contribution < -0.4 is 11.1 Å². The minimum Gasteiger partial charge on any atom is -0.456 e. The largest absolute Gasteiger partial charge is 0.456 e. The number of esters is 1. The maximum absolute atomic E-state index is 13.8. The number of nitrogens with zero attached hydrogens (tertiary/aromatic N) is 2. The van der Waals surface area contributed by atoms with Crippen molar-refractivity contribution in [1.29, 1.82) is 0 Å². The van der Waals surface area contributed by atoms with Crippen molar-refractivity contribution < 1.29 is 18.3 Å². The molecule has 2 atom stereocenters. The van der Waals surface area contributed by atoms with Crippen LogP contribution in [0.1, 0.15) is 39.0 Å². The minimum atomic E-state index is -0.741. The van der Waals surface area contributed by atoms with Crippen molar-refractivity contribution in [3.8, 4) is 0 Å². The average molecular weight is 654 g/mol. The summed E-state index contributed by atoms with van der Waals surface area (Å²) >= 11 is 2.25. The van der Waals surface area contributed by atoms with Crippen molar-refractivity contribution in [1.82, 2.24) is 14.9 Å². The van der Waals surface area contributed by atoms with Gasteiger partial charge in [-0.3, -0.25) is 0 Å². The minimum absolute atomic E-state index is 0.138. The molecule has 1 heterocycles. The number of allylic oxidation sites excluding steroid dienone is 1. The molecule has 0 radical (unpaired) electrons. The summed E-state index contributed by atoms with van der Waals surface area (Å²) in [6, 6.07) is 16.2. The van der Waals surface area contributed by atoms with E-state index in [0.29, 0.717) is 17.7 Å². The number of rotatable bonds is 10. The van der Waals surface area contributed by atoms with Crippen LogP contribution in [0.15, 0.2) is 79.4 Å². The van der Waals surface area contributed by atoms with Crippen LogP contribution >= 0.6 is 22.6 Å². The summed E-state index contributed by atoms with van der Waals surface area (Å²) in [5, 5.41) is 3.32. The fourth-order valence-corrected chi connectivity index (χ4v) is 5.46. The summed E-state index contributed by atoms with van der Waals surface area (Å²) in [6.07, 6.45) is 8.57. The van der Waals surface area contributed by atoms with Gasteiger partial charge >= 0.3 is 5.97 Å². The molecule has 0 spiro atoms. The molecule has 1 aliphatic rings. The van der Waals surface area contributed by atoms with Crippen LogP contribution in [-0.2, 0) is 24.1 Å². The van der Waals surface area contributed by atoms with E-state index in [1.54, 1.807) is 18.6 Å². The molecule has 0 unspecified atom stereocenters. The van der Waals surface area contributed by atoms with Crippen molar-refractivity contribution in [2.24, 2.45) is 5.73 Å². The number of ether oxygens (including phenoxy) is 1. The molecule has 0 fully saturated rings. The van der Waals surface area contributed by atoms with Crippen LogP contribution in [0.3, 0.4) is 0 Å². The van der Waals surface area contributed by atoms with Gasteiger partial charge < -0.3 is 20.4 Å². The van der Waals surface area contributed by atoms with Crippen LogP contribution in [0.25, 0.3) is 11.8 Å². The first-order chi connectivity index (χ1) is 19.3. The molecule has 0 bridgehead atoms. The molecular formula is C31H29F2IN4O2. The number of halogens is 3. The van der Waals surface area contributed by atoms with E-state index in [9.17, 15) is 13.6 Å². The molecule has 1 aliphatic carbocycles. The Morgan fingerprint density at radius 2 is 1.90 bits per heavy atom. The number of benzene rings is 3. The van der Waals surface area contributed by atoms with E-state index in [1.807, 2.05) is 41.1 Å². The van der Waals surface area contributed by atoms with Gasteiger partial charge in [0.15, 0.2) is 0 Å². The molecule has 206 valence electrons. The van der Waals surface area contributed by atoms with Crippen LogP contribution in [0.5, 0.6) is 0 Å². The van der Waals surface area contributed by atoms with E-state index in [1.165, 1.54) is 12.1 Å². The maximum atomic E-state index is 13.8. The molecule has 4 aromatic rings. The Bertz CT molecular complexity index is 1500. The topological polar surface area (TPSA) is 82.2 Å². The fourth-order valence-electron chi connectivity index (χ4n) is 4.86. The molecule has 0 amide bonds. The van der Waals surface area contributed by atoms with Crippen LogP contribution in [0.4, 0.5) is 8.78 Å². The van der Waals surface area contributed by atoms with E-state index in [2.05, 4.69) is 45.0 Å². The number of imidazole rings is 1. The number of carbonyl (C=O) groups excluding carboxylic acids is 1. The van der Waals surface area contributed by atoms with E-state index in [-0.39, 0.29) is 13.0 Å². The zero-order valence-electron chi connectivity index (χ0n) is 21.7. The SMILES string of the molecule is N[C@@H](Cc1cc(F)cc(F)c1)[C@@H](CNCc1cccc(I)c1)OC(=O)c1ccc2c(c1)C=C(n1ccnc1)CC2. The first-order valence-electron chi connectivity index (χ1n) is 13.0. The summed E-state index contributed by atoms with van der Waals surface area (Å²) in [5.41, 5.74) is 11.6.